The zero-order valence-corrected chi connectivity index (χ0v) is 16.3. The minimum atomic E-state index is -4.97. The number of hydrogen-bond acceptors (Lipinski definition) is 3. The maximum Gasteiger partial charge on any atom is 0.442 e. The second kappa shape index (κ2) is 9.53. The largest absolute Gasteiger partial charge is 0.442 e. The average molecular weight is 449 g/mol. The van der Waals surface area contributed by atoms with Gasteiger partial charge in [-0.25, -0.2) is 4.57 Å². The molecule has 2 aromatic rings. The van der Waals surface area contributed by atoms with Crippen LogP contribution in [0.25, 0.3) is 6.08 Å². The number of hydrogen-bond donors (Lipinski definition) is 1. The van der Waals surface area contributed by atoms with Gasteiger partial charge in [0.15, 0.2) is 0 Å². The van der Waals surface area contributed by atoms with Crippen molar-refractivity contribution in [1.29, 1.82) is 0 Å². The Morgan fingerprint density at radius 3 is 2.60 bits per heavy atom. The number of benzene rings is 2. The molecule has 0 aromatic heterocycles. The summed E-state index contributed by atoms with van der Waals surface area (Å²) in [6.07, 6.45) is 0.672. The summed E-state index contributed by atoms with van der Waals surface area (Å²) in [5.41, 5.74) is 2.09. The third-order valence-corrected chi connectivity index (χ3v) is 5.60. The lowest BCUT2D eigenvalue weighted by Crippen LogP contribution is -2.01. The molecule has 134 valence electrons. The van der Waals surface area contributed by atoms with Gasteiger partial charge in [0.1, 0.15) is 5.75 Å². The maximum atomic E-state index is 12.4. The Balaban J connectivity index is 1.86. The van der Waals surface area contributed by atoms with E-state index in [4.69, 9.17) is 4.89 Å². The molecule has 0 aliphatic carbocycles. The number of halogens is 3. The summed E-state index contributed by atoms with van der Waals surface area (Å²) in [7, 11) is -4.97. The minimum Gasteiger partial charge on any atom is -0.420 e. The quantitative estimate of drug-likeness (QED) is 0.386. The molecule has 8 heteroatoms. The van der Waals surface area contributed by atoms with Gasteiger partial charge < -0.3 is 9.42 Å². The Morgan fingerprint density at radius 2 is 1.96 bits per heavy atom. The summed E-state index contributed by atoms with van der Waals surface area (Å²) in [6.45, 7) is 0. The molecule has 0 aliphatic rings. The van der Waals surface area contributed by atoms with Gasteiger partial charge in [-0.15, -0.1) is 0 Å². The van der Waals surface area contributed by atoms with Crippen LogP contribution in [-0.2, 0) is 10.3 Å². The van der Waals surface area contributed by atoms with Crippen LogP contribution in [0.1, 0.15) is 11.1 Å². The predicted molar refractivity (Wildman–Crippen MR) is 102 cm³/mol. The number of thioether (sulfide) groups is 1. The molecule has 0 heterocycles. The van der Waals surface area contributed by atoms with E-state index in [2.05, 4.69) is 26.5 Å². The molecule has 0 saturated heterocycles. The first-order valence-electron chi connectivity index (χ1n) is 7.26. The molecule has 0 amide bonds. The Bertz CT molecular complexity index is 772. The van der Waals surface area contributed by atoms with Gasteiger partial charge in [-0.1, -0.05) is 48.6 Å². The van der Waals surface area contributed by atoms with Crippen LogP contribution in [0, 0.1) is 0 Å². The molecule has 1 unspecified atom stereocenters. The van der Waals surface area contributed by atoms with Crippen LogP contribution < -0.4 is 4.52 Å². The lowest BCUT2D eigenvalue weighted by Gasteiger charge is -2.14. The van der Waals surface area contributed by atoms with Crippen LogP contribution in [0.2, 0.25) is 0 Å². The van der Waals surface area contributed by atoms with E-state index in [0.29, 0.717) is 10.2 Å². The van der Waals surface area contributed by atoms with E-state index < -0.39 is 13.8 Å². The predicted octanol–water partition coefficient (Wildman–Crippen LogP) is 6.18. The molecular formula is C17H16BrF2O3PS. The highest BCUT2D eigenvalue weighted by Crippen LogP contribution is 2.50. The Kier molecular flexibility index (Phi) is 7.69. The SMILES string of the molecule is O=P(O)(Oc1ccc(CSCC=Cc2ccccc2)cc1Br)C(F)F. The molecule has 2 aromatic carbocycles. The molecule has 0 fully saturated rings. The highest BCUT2D eigenvalue weighted by molar-refractivity contribution is 9.10. The lowest BCUT2D eigenvalue weighted by molar-refractivity contribution is 0.188. The van der Waals surface area contributed by atoms with Gasteiger partial charge in [0.2, 0.25) is 0 Å². The Morgan fingerprint density at radius 1 is 1.24 bits per heavy atom. The van der Waals surface area contributed by atoms with Gasteiger partial charge in [-0.3, -0.25) is 0 Å². The molecule has 0 saturated carbocycles. The summed E-state index contributed by atoms with van der Waals surface area (Å²) in [5, 5.41) is 0. The van der Waals surface area contributed by atoms with Gasteiger partial charge >= 0.3 is 13.8 Å². The van der Waals surface area contributed by atoms with Crippen molar-refractivity contribution in [2.75, 3.05) is 5.75 Å². The molecule has 0 radical (unpaired) electrons. The molecule has 0 bridgehead atoms. The third-order valence-electron chi connectivity index (χ3n) is 3.06. The van der Waals surface area contributed by atoms with E-state index in [-0.39, 0.29) is 5.75 Å². The van der Waals surface area contributed by atoms with Crippen molar-refractivity contribution in [3.63, 3.8) is 0 Å². The van der Waals surface area contributed by atoms with Crippen LogP contribution in [-0.4, -0.2) is 16.8 Å². The van der Waals surface area contributed by atoms with Crippen molar-refractivity contribution in [2.24, 2.45) is 0 Å². The van der Waals surface area contributed by atoms with E-state index in [1.165, 1.54) is 6.07 Å². The fourth-order valence-corrected chi connectivity index (χ4v) is 3.80. The van der Waals surface area contributed by atoms with Crippen molar-refractivity contribution in [3.05, 3.63) is 70.2 Å². The highest BCUT2D eigenvalue weighted by atomic mass is 79.9. The Hall–Kier alpha value is -1.14. The molecule has 1 atom stereocenters. The molecule has 2 rings (SSSR count). The van der Waals surface area contributed by atoms with Gasteiger partial charge in [0.05, 0.1) is 4.47 Å². The molecule has 1 N–H and O–H groups in total. The number of rotatable bonds is 8. The lowest BCUT2D eigenvalue weighted by atomic mass is 10.2. The zero-order chi connectivity index (χ0) is 18.3. The van der Waals surface area contributed by atoms with Crippen molar-refractivity contribution >= 4 is 41.4 Å². The van der Waals surface area contributed by atoms with Gasteiger partial charge in [0, 0.05) is 11.5 Å². The first-order chi connectivity index (χ1) is 11.9. The molecule has 0 spiro atoms. The van der Waals surface area contributed by atoms with Crippen molar-refractivity contribution in [1.82, 2.24) is 0 Å². The van der Waals surface area contributed by atoms with E-state index in [9.17, 15) is 13.3 Å². The van der Waals surface area contributed by atoms with E-state index >= 15 is 0 Å². The maximum absolute atomic E-state index is 12.4. The van der Waals surface area contributed by atoms with Crippen LogP contribution in [0.15, 0.2) is 59.1 Å². The van der Waals surface area contributed by atoms with Crippen LogP contribution in [0.4, 0.5) is 8.78 Å². The number of alkyl halides is 2. The summed E-state index contributed by atoms with van der Waals surface area (Å²) >= 11 is 4.86. The molecule has 3 nitrogen and oxygen atoms in total. The third kappa shape index (κ3) is 6.59. The first kappa shape index (κ1) is 20.2. The molecular weight excluding hydrogens is 433 g/mol. The second-order valence-electron chi connectivity index (χ2n) is 5.03. The van der Waals surface area contributed by atoms with E-state index in [1.54, 1.807) is 23.9 Å². The van der Waals surface area contributed by atoms with Crippen molar-refractivity contribution < 1.29 is 22.8 Å². The second-order valence-corrected chi connectivity index (χ2v) is 8.61. The Labute approximate surface area is 157 Å². The van der Waals surface area contributed by atoms with Crippen LogP contribution in [0.3, 0.4) is 0 Å². The van der Waals surface area contributed by atoms with Gasteiger partial charge in [-0.2, -0.15) is 20.5 Å². The monoisotopic (exact) mass is 448 g/mol. The smallest absolute Gasteiger partial charge is 0.420 e. The topological polar surface area (TPSA) is 46.5 Å². The van der Waals surface area contributed by atoms with E-state index in [1.807, 2.05) is 36.4 Å². The average Bonchev–Trinajstić information content (AvgIpc) is 2.57. The summed E-state index contributed by atoms with van der Waals surface area (Å²) in [4.78, 5) is 9.08. The summed E-state index contributed by atoms with van der Waals surface area (Å²) < 4.78 is 40.9. The zero-order valence-electron chi connectivity index (χ0n) is 13.0. The standard InChI is InChI=1S/C17H16BrF2O3PS/c18-15-11-14(8-9-16(15)23-24(21,22)17(19)20)12-25-10-4-7-13-5-2-1-3-6-13/h1-9,11,17H,10,12H2,(H,21,22). The van der Waals surface area contributed by atoms with E-state index in [0.717, 1.165) is 16.9 Å². The minimum absolute atomic E-state index is 0.0798. The summed E-state index contributed by atoms with van der Waals surface area (Å²) in [6, 6.07) is 14.8. The van der Waals surface area contributed by atoms with Crippen LogP contribution >= 0.6 is 35.3 Å². The van der Waals surface area contributed by atoms with Crippen LogP contribution in [0.5, 0.6) is 5.75 Å². The fraction of sp³-hybridized carbons (Fsp3) is 0.176. The van der Waals surface area contributed by atoms with Gasteiger partial charge in [-0.05, 0) is 39.2 Å². The van der Waals surface area contributed by atoms with Crippen molar-refractivity contribution in [2.45, 2.75) is 11.9 Å². The summed E-state index contributed by atoms with van der Waals surface area (Å²) in [5.74, 6) is 1.45. The normalized spacial score (nSPS) is 14.0. The fourth-order valence-electron chi connectivity index (χ4n) is 1.88. The first-order valence-corrected chi connectivity index (χ1v) is 10.9. The van der Waals surface area contributed by atoms with Crippen molar-refractivity contribution in [3.8, 4) is 5.75 Å². The molecule has 0 aliphatic heterocycles. The highest BCUT2D eigenvalue weighted by Gasteiger charge is 2.34. The van der Waals surface area contributed by atoms with Gasteiger partial charge in [0.25, 0.3) is 0 Å². The molecule has 25 heavy (non-hydrogen) atoms.